The number of carbonyl (C=O) groups excluding carboxylic acids is 2. The minimum absolute atomic E-state index is 0.0896. The van der Waals surface area contributed by atoms with E-state index in [-0.39, 0.29) is 18.4 Å². The van der Waals surface area contributed by atoms with E-state index in [0.717, 1.165) is 24.8 Å². The second-order valence-corrected chi connectivity index (χ2v) is 7.03. The lowest BCUT2D eigenvalue weighted by Gasteiger charge is -2.41. The van der Waals surface area contributed by atoms with Crippen molar-refractivity contribution in [2.45, 2.75) is 51.0 Å². The van der Waals surface area contributed by atoms with Gasteiger partial charge >= 0.3 is 5.97 Å². The van der Waals surface area contributed by atoms with Gasteiger partial charge in [-0.1, -0.05) is 49.6 Å². The number of carboxylic acids is 1. The van der Waals surface area contributed by atoms with Crippen molar-refractivity contribution >= 4 is 17.8 Å². The summed E-state index contributed by atoms with van der Waals surface area (Å²) in [5, 5.41) is 9.73. The Labute approximate surface area is 154 Å². The minimum Gasteiger partial charge on any atom is -0.479 e. The van der Waals surface area contributed by atoms with Crippen molar-refractivity contribution < 1.29 is 19.5 Å². The predicted molar refractivity (Wildman–Crippen MR) is 98.6 cm³/mol. The quantitative estimate of drug-likeness (QED) is 0.809. The Balaban J connectivity index is 2.03. The number of benzene rings is 1. The van der Waals surface area contributed by atoms with Gasteiger partial charge in [0.1, 0.15) is 5.54 Å². The van der Waals surface area contributed by atoms with Crippen LogP contribution in [0.4, 0.5) is 0 Å². The first-order chi connectivity index (χ1) is 12.4. The zero-order valence-corrected chi connectivity index (χ0v) is 15.6. The first-order valence-electron chi connectivity index (χ1n) is 9.16. The summed E-state index contributed by atoms with van der Waals surface area (Å²) in [6.45, 7) is 1.78. The molecule has 6 nitrogen and oxygen atoms in total. The molecular formula is C20H28N2O4. The average molecular weight is 360 g/mol. The van der Waals surface area contributed by atoms with Gasteiger partial charge < -0.3 is 14.9 Å². The third kappa shape index (κ3) is 4.62. The van der Waals surface area contributed by atoms with E-state index in [2.05, 4.69) is 0 Å². The van der Waals surface area contributed by atoms with E-state index in [1.807, 2.05) is 30.3 Å². The molecule has 0 bridgehead atoms. The summed E-state index contributed by atoms with van der Waals surface area (Å²) in [6, 6.07) is 9.76. The Bertz CT molecular complexity index is 638. The zero-order valence-electron chi connectivity index (χ0n) is 15.6. The molecule has 1 fully saturated rings. The number of carbonyl (C=O) groups is 3. The number of likely N-dealkylation sites (N-methyl/N-ethyl adjacent to an activating group) is 1. The molecule has 6 heteroatoms. The van der Waals surface area contributed by atoms with Crippen LogP contribution in [0.2, 0.25) is 0 Å². The van der Waals surface area contributed by atoms with E-state index in [0.29, 0.717) is 25.8 Å². The van der Waals surface area contributed by atoms with Gasteiger partial charge in [0, 0.05) is 20.5 Å². The highest BCUT2D eigenvalue weighted by molar-refractivity contribution is 5.89. The molecule has 1 N–H and O–H groups in total. The minimum atomic E-state index is -1.14. The highest BCUT2D eigenvalue weighted by Crippen LogP contribution is 2.33. The summed E-state index contributed by atoms with van der Waals surface area (Å²) in [5.41, 5.74) is -0.0501. The van der Waals surface area contributed by atoms with Crippen molar-refractivity contribution in [1.29, 1.82) is 0 Å². The Hall–Kier alpha value is -2.37. The lowest BCUT2D eigenvalue weighted by Crippen LogP contribution is -2.58. The third-order valence-electron chi connectivity index (χ3n) is 5.38. The molecule has 1 saturated carbocycles. The van der Waals surface area contributed by atoms with E-state index in [1.165, 1.54) is 16.7 Å². The fourth-order valence-corrected chi connectivity index (χ4v) is 3.59. The van der Waals surface area contributed by atoms with E-state index >= 15 is 0 Å². The summed E-state index contributed by atoms with van der Waals surface area (Å²) < 4.78 is 0. The van der Waals surface area contributed by atoms with E-state index in [4.69, 9.17) is 0 Å². The van der Waals surface area contributed by atoms with Crippen LogP contribution >= 0.6 is 0 Å². The molecule has 0 radical (unpaired) electrons. The molecule has 0 spiro atoms. The smallest absolute Gasteiger partial charge is 0.329 e. The van der Waals surface area contributed by atoms with Crippen LogP contribution in [0, 0.1) is 0 Å². The fraction of sp³-hybridized carbons (Fsp3) is 0.550. The van der Waals surface area contributed by atoms with Crippen molar-refractivity contribution in [2.24, 2.45) is 0 Å². The fourth-order valence-electron chi connectivity index (χ4n) is 3.59. The molecule has 2 rings (SSSR count). The monoisotopic (exact) mass is 360 g/mol. The van der Waals surface area contributed by atoms with Crippen molar-refractivity contribution in [3.63, 3.8) is 0 Å². The van der Waals surface area contributed by atoms with Crippen LogP contribution in [0.25, 0.3) is 0 Å². The maximum Gasteiger partial charge on any atom is 0.329 e. The Morgan fingerprint density at radius 3 is 2.23 bits per heavy atom. The van der Waals surface area contributed by atoms with Crippen LogP contribution in [0.3, 0.4) is 0 Å². The number of carboxylic acid groups (broad SMARTS) is 1. The van der Waals surface area contributed by atoms with Gasteiger partial charge in [-0.15, -0.1) is 0 Å². The zero-order chi connectivity index (χ0) is 19.2. The molecule has 1 aliphatic rings. The van der Waals surface area contributed by atoms with Crippen LogP contribution in [-0.2, 0) is 20.8 Å². The molecule has 0 unspecified atom stereocenters. The second-order valence-electron chi connectivity index (χ2n) is 7.03. The molecular weight excluding hydrogens is 332 g/mol. The molecule has 1 aromatic carbocycles. The van der Waals surface area contributed by atoms with Crippen LogP contribution in [-0.4, -0.2) is 58.4 Å². The maximum absolute atomic E-state index is 12.7. The molecule has 0 atom stereocenters. The summed E-state index contributed by atoms with van der Waals surface area (Å²) >= 11 is 0. The van der Waals surface area contributed by atoms with Crippen LogP contribution < -0.4 is 0 Å². The number of hydrogen-bond donors (Lipinski definition) is 1. The normalized spacial score (nSPS) is 15.9. The summed E-state index contributed by atoms with van der Waals surface area (Å²) in [7, 11) is 1.55. The van der Waals surface area contributed by atoms with Crippen molar-refractivity contribution in [1.82, 2.24) is 9.80 Å². The van der Waals surface area contributed by atoms with Gasteiger partial charge in [-0.05, 0) is 24.8 Å². The van der Waals surface area contributed by atoms with Gasteiger partial charge in [0.05, 0.1) is 6.54 Å². The SMILES string of the molecule is CC(=O)N(CCc1ccccc1)CC(=O)N(C)C1(C(=O)O)CCCCC1. The highest BCUT2D eigenvalue weighted by Gasteiger charge is 2.45. The van der Waals surface area contributed by atoms with Gasteiger partial charge in [-0.2, -0.15) is 0 Å². The van der Waals surface area contributed by atoms with Crippen LogP contribution in [0.5, 0.6) is 0 Å². The maximum atomic E-state index is 12.7. The molecule has 26 heavy (non-hydrogen) atoms. The molecule has 2 amide bonds. The lowest BCUT2D eigenvalue weighted by molar-refractivity contribution is -0.161. The molecule has 0 aliphatic heterocycles. The standard InChI is InChI=1S/C20H28N2O4/c1-16(23)22(14-11-17-9-5-3-6-10-17)15-18(24)21(2)20(19(25)26)12-7-4-8-13-20/h3,5-6,9-10H,4,7-8,11-15H2,1-2H3,(H,25,26). The van der Waals surface area contributed by atoms with Gasteiger partial charge in [-0.3, -0.25) is 9.59 Å². The first-order valence-corrected chi connectivity index (χ1v) is 9.16. The van der Waals surface area contributed by atoms with Crippen LogP contribution in [0.15, 0.2) is 30.3 Å². The van der Waals surface area contributed by atoms with E-state index in [1.54, 1.807) is 7.05 Å². The van der Waals surface area contributed by atoms with Crippen molar-refractivity contribution in [3.8, 4) is 0 Å². The number of amides is 2. The third-order valence-corrected chi connectivity index (χ3v) is 5.38. The molecule has 1 aliphatic carbocycles. The first kappa shape index (κ1) is 19.9. The average Bonchev–Trinajstić information content (AvgIpc) is 2.65. The van der Waals surface area contributed by atoms with E-state index < -0.39 is 11.5 Å². The number of rotatable bonds is 7. The predicted octanol–water partition coefficient (Wildman–Crippen LogP) is 2.32. The number of hydrogen-bond acceptors (Lipinski definition) is 3. The van der Waals surface area contributed by atoms with Crippen molar-refractivity contribution in [2.75, 3.05) is 20.1 Å². The summed E-state index contributed by atoms with van der Waals surface area (Å²) in [6.07, 6.45) is 4.18. The number of aliphatic carboxylic acids is 1. The Morgan fingerprint density at radius 1 is 1.08 bits per heavy atom. The molecule has 142 valence electrons. The van der Waals surface area contributed by atoms with Crippen LogP contribution in [0.1, 0.15) is 44.6 Å². The summed E-state index contributed by atoms with van der Waals surface area (Å²) in [5.74, 6) is -1.46. The molecule has 0 saturated heterocycles. The number of nitrogens with zero attached hydrogens (tertiary/aromatic N) is 2. The van der Waals surface area contributed by atoms with E-state index in [9.17, 15) is 19.5 Å². The van der Waals surface area contributed by atoms with Gasteiger partial charge in [0.25, 0.3) is 0 Å². The molecule has 1 aromatic rings. The van der Waals surface area contributed by atoms with Gasteiger partial charge in [0.15, 0.2) is 0 Å². The highest BCUT2D eigenvalue weighted by atomic mass is 16.4. The second kappa shape index (κ2) is 8.83. The Morgan fingerprint density at radius 2 is 1.69 bits per heavy atom. The topological polar surface area (TPSA) is 77.9 Å². The molecule has 0 heterocycles. The largest absolute Gasteiger partial charge is 0.479 e. The van der Waals surface area contributed by atoms with Gasteiger partial charge in [0.2, 0.25) is 11.8 Å². The van der Waals surface area contributed by atoms with Gasteiger partial charge in [-0.25, -0.2) is 4.79 Å². The summed E-state index contributed by atoms with van der Waals surface area (Å²) in [4.78, 5) is 39.4. The van der Waals surface area contributed by atoms with Crippen molar-refractivity contribution in [3.05, 3.63) is 35.9 Å². The Kier molecular flexibility index (Phi) is 6.77. The lowest BCUT2D eigenvalue weighted by atomic mass is 9.80. The molecule has 0 aromatic heterocycles.